The van der Waals surface area contributed by atoms with Crippen LogP contribution in [0.4, 0.5) is 0 Å². The summed E-state index contributed by atoms with van der Waals surface area (Å²) in [6.45, 7) is 2.04. The van der Waals surface area contributed by atoms with E-state index in [1.165, 1.54) is 18.5 Å². The molecule has 1 aromatic rings. The standard InChI is InChI=1S/C12H16N2O2/c1-12(5-2-3-6-12)14-11(16)9-8-13-7-4-10(9)15/h4,7-8H,2-3,5-6H2,1H3,(H,13,15)(H,14,16). The zero-order valence-corrected chi connectivity index (χ0v) is 9.38. The summed E-state index contributed by atoms with van der Waals surface area (Å²) in [6, 6.07) is 1.37. The monoisotopic (exact) mass is 220 g/mol. The van der Waals surface area contributed by atoms with Gasteiger partial charge in [0.1, 0.15) is 5.56 Å². The second kappa shape index (κ2) is 4.12. The fourth-order valence-corrected chi connectivity index (χ4v) is 2.22. The number of hydrogen-bond acceptors (Lipinski definition) is 2. The highest BCUT2D eigenvalue weighted by molar-refractivity contribution is 5.94. The van der Waals surface area contributed by atoms with Gasteiger partial charge in [-0.2, -0.15) is 0 Å². The maximum atomic E-state index is 11.9. The van der Waals surface area contributed by atoms with E-state index in [4.69, 9.17) is 0 Å². The van der Waals surface area contributed by atoms with Gasteiger partial charge >= 0.3 is 0 Å². The summed E-state index contributed by atoms with van der Waals surface area (Å²) in [6.07, 6.45) is 7.24. The summed E-state index contributed by atoms with van der Waals surface area (Å²) in [4.78, 5) is 26.1. The minimum Gasteiger partial charge on any atom is -0.367 e. The third-order valence-electron chi connectivity index (χ3n) is 3.19. The Hall–Kier alpha value is -1.58. The van der Waals surface area contributed by atoms with Gasteiger partial charge in [-0.3, -0.25) is 9.59 Å². The predicted octanol–water partition coefficient (Wildman–Crippen LogP) is 1.44. The van der Waals surface area contributed by atoms with E-state index in [1.807, 2.05) is 6.92 Å². The maximum absolute atomic E-state index is 11.9. The number of aromatic amines is 1. The lowest BCUT2D eigenvalue weighted by atomic mass is 10.0. The zero-order valence-electron chi connectivity index (χ0n) is 9.38. The Morgan fingerprint density at radius 3 is 2.75 bits per heavy atom. The quantitative estimate of drug-likeness (QED) is 0.792. The van der Waals surface area contributed by atoms with Gasteiger partial charge in [-0.25, -0.2) is 0 Å². The van der Waals surface area contributed by atoms with Gasteiger partial charge in [-0.05, 0) is 19.8 Å². The SMILES string of the molecule is CC1(NC(=O)c2c[nH]ccc2=O)CCCC1. The number of pyridine rings is 1. The number of amides is 1. The van der Waals surface area contributed by atoms with E-state index < -0.39 is 0 Å². The van der Waals surface area contributed by atoms with Gasteiger partial charge < -0.3 is 10.3 Å². The molecule has 86 valence electrons. The predicted molar refractivity (Wildman–Crippen MR) is 61.4 cm³/mol. The lowest BCUT2D eigenvalue weighted by Gasteiger charge is -2.24. The van der Waals surface area contributed by atoms with E-state index in [1.54, 1.807) is 0 Å². The Labute approximate surface area is 94.1 Å². The number of rotatable bonds is 2. The van der Waals surface area contributed by atoms with E-state index in [-0.39, 0.29) is 22.4 Å². The van der Waals surface area contributed by atoms with Gasteiger partial charge in [-0.1, -0.05) is 12.8 Å². The zero-order chi connectivity index (χ0) is 11.6. The molecule has 0 aliphatic heterocycles. The number of carbonyl (C=O) groups excluding carboxylic acids is 1. The highest BCUT2D eigenvalue weighted by atomic mass is 16.2. The van der Waals surface area contributed by atoms with Gasteiger partial charge in [0.25, 0.3) is 5.91 Å². The highest BCUT2D eigenvalue weighted by Crippen LogP contribution is 2.28. The van der Waals surface area contributed by atoms with E-state index in [9.17, 15) is 9.59 Å². The first-order valence-corrected chi connectivity index (χ1v) is 5.60. The molecule has 2 N–H and O–H groups in total. The Morgan fingerprint density at radius 2 is 2.12 bits per heavy atom. The number of H-pyrrole nitrogens is 1. The van der Waals surface area contributed by atoms with Gasteiger partial charge in [0, 0.05) is 24.0 Å². The molecule has 0 atom stereocenters. The second-order valence-corrected chi connectivity index (χ2v) is 4.64. The summed E-state index contributed by atoms with van der Waals surface area (Å²) in [5.41, 5.74) is -0.187. The number of aromatic nitrogens is 1. The van der Waals surface area contributed by atoms with Crippen molar-refractivity contribution in [1.82, 2.24) is 10.3 Å². The van der Waals surface area contributed by atoms with Crippen LogP contribution in [0.15, 0.2) is 23.3 Å². The molecule has 1 aliphatic carbocycles. The third kappa shape index (κ3) is 2.15. The number of nitrogens with one attached hydrogen (secondary N) is 2. The molecule has 0 radical (unpaired) electrons. The Kier molecular flexibility index (Phi) is 2.81. The van der Waals surface area contributed by atoms with Crippen molar-refractivity contribution in [3.05, 3.63) is 34.2 Å². The van der Waals surface area contributed by atoms with Crippen molar-refractivity contribution in [2.75, 3.05) is 0 Å². The third-order valence-corrected chi connectivity index (χ3v) is 3.19. The molecule has 4 heteroatoms. The lowest BCUT2D eigenvalue weighted by molar-refractivity contribution is 0.0906. The smallest absolute Gasteiger partial charge is 0.257 e. The van der Waals surface area contributed by atoms with E-state index in [0.29, 0.717) is 0 Å². The molecule has 1 heterocycles. The highest BCUT2D eigenvalue weighted by Gasteiger charge is 2.30. The molecule has 16 heavy (non-hydrogen) atoms. The van der Waals surface area contributed by atoms with Crippen LogP contribution in [0.5, 0.6) is 0 Å². The molecule has 1 saturated carbocycles. The van der Waals surface area contributed by atoms with Crippen molar-refractivity contribution < 1.29 is 4.79 Å². The maximum Gasteiger partial charge on any atom is 0.257 e. The Bertz CT molecular complexity index is 444. The molecule has 0 bridgehead atoms. The van der Waals surface area contributed by atoms with Crippen LogP contribution in [0.25, 0.3) is 0 Å². The van der Waals surface area contributed by atoms with Crippen LogP contribution in [0, 0.1) is 0 Å². The molecule has 0 saturated heterocycles. The molecular weight excluding hydrogens is 204 g/mol. The van der Waals surface area contributed by atoms with Crippen LogP contribution in [0.1, 0.15) is 43.0 Å². The van der Waals surface area contributed by atoms with Gasteiger partial charge in [0.05, 0.1) is 0 Å². The van der Waals surface area contributed by atoms with Crippen LogP contribution in [0.3, 0.4) is 0 Å². The number of hydrogen-bond donors (Lipinski definition) is 2. The normalized spacial score (nSPS) is 18.3. The van der Waals surface area contributed by atoms with Crippen molar-refractivity contribution in [3.8, 4) is 0 Å². The first kappa shape index (κ1) is 10.9. The summed E-state index contributed by atoms with van der Waals surface area (Å²) in [7, 11) is 0. The molecular formula is C12H16N2O2. The summed E-state index contributed by atoms with van der Waals surface area (Å²) < 4.78 is 0. The van der Waals surface area contributed by atoms with Gasteiger partial charge in [0.2, 0.25) is 0 Å². The van der Waals surface area contributed by atoms with E-state index in [2.05, 4.69) is 10.3 Å². The topological polar surface area (TPSA) is 62.0 Å². The van der Waals surface area contributed by atoms with E-state index >= 15 is 0 Å². The van der Waals surface area contributed by atoms with Crippen LogP contribution in [0.2, 0.25) is 0 Å². The molecule has 1 aromatic heterocycles. The van der Waals surface area contributed by atoms with E-state index in [0.717, 1.165) is 25.7 Å². The number of carbonyl (C=O) groups is 1. The second-order valence-electron chi connectivity index (χ2n) is 4.64. The molecule has 2 rings (SSSR count). The Balaban J connectivity index is 2.15. The molecule has 1 amide bonds. The fourth-order valence-electron chi connectivity index (χ4n) is 2.22. The van der Waals surface area contributed by atoms with Crippen molar-refractivity contribution in [2.24, 2.45) is 0 Å². The Morgan fingerprint density at radius 1 is 1.44 bits per heavy atom. The van der Waals surface area contributed by atoms with Crippen LogP contribution < -0.4 is 10.7 Å². The summed E-state index contributed by atoms with van der Waals surface area (Å²) in [5, 5.41) is 2.95. The largest absolute Gasteiger partial charge is 0.367 e. The first-order chi connectivity index (χ1) is 7.61. The fraction of sp³-hybridized carbons (Fsp3) is 0.500. The van der Waals surface area contributed by atoms with Crippen molar-refractivity contribution in [3.63, 3.8) is 0 Å². The molecule has 4 nitrogen and oxygen atoms in total. The van der Waals surface area contributed by atoms with Crippen molar-refractivity contribution in [2.45, 2.75) is 38.1 Å². The average molecular weight is 220 g/mol. The molecule has 0 spiro atoms. The van der Waals surface area contributed by atoms with Gasteiger partial charge in [0.15, 0.2) is 5.43 Å². The average Bonchev–Trinajstić information content (AvgIpc) is 2.65. The first-order valence-electron chi connectivity index (χ1n) is 5.60. The minimum absolute atomic E-state index is 0.140. The molecule has 0 unspecified atom stereocenters. The molecule has 1 fully saturated rings. The lowest BCUT2D eigenvalue weighted by Crippen LogP contribution is -2.44. The summed E-state index contributed by atoms with van der Waals surface area (Å²) in [5.74, 6) is -0.272. The van der Waals surface area contributed by atoms with Crippen molar-refractivity contribution >= 4 is 5.91 Å². The summed E-state index contributed by atoms with van der Waals surface area (Å²) >= 11 is 0. The molecule has 0 aromatic carbocycles. The molecule has 1 aliphatic rings. The van der Waals surface area contributed by atoms with Crippen LogP contribution in [-0.4, -0.2) is 16.4 Å². The minimum atomic E-state index is -0.272. The van der Waals surface area contributed by atoms with Crippen LogP contribution >= 0.6 is 0 Å². The van der Waals surface area contributed by atoms with Crippen molar-refractivity contribution in [1.29, 1.82) is 0 Å². The van der Waals surface area contributed by atoms with Crippen LogP contribution in [-0.2, 0) is 0 Å². The van der Waals surface area contributed by atoms with Gasteiger partial charge in [-0.15, -0.1) is 0 Å².